The van der Waals surface area contributed by atoms with E-state index < -0.39 is 0 Å². The molecule has 1 aliphatic heterocycles. The highest BCUT2D eigenvalue weighted by Gasteiger charge is 2.28. The molecule has 3 heteroatoms. The van der Waals surface area contributed by atoms with Crippen molar-refractivity contribution in [3.63, 3.8) is 0 Å². The van der Waals surface area contributed by atoms with Crippen LogP contribution in [0.1, 0.15) is 35.0 Å². The predicted molar refractivity (Wildman–Crippen MR) is 98.8 cm³/mol. The second kappa shape index (κ2) is 5.82. The van der Waals surface area contributed by atoms with Gasteiger partial charge in [0.1, 0.15) is 5.69 Å². The van der Waals surface area contributed by atoms with Gasteiger partial charge in [-0.2, -0.15) is 0 Å². The molecule has 0 saturated heterocycles. The summed E-state index contributed by atoms with van der Waals surface area (Å²) in [6.07, 6.45) is 2.07. The van der Waals surface area contributed by atoms with Gasteiger partial charge < -0.3 is 9.47 Å². The van der Waals surface area contributed by atoms with Crippen molar-refractivity contribution in [2.24, 2.45) is 0 Å². The second-order valence-electron chi connectivity index (χ2n) is 6.42. The van der Waals surface area contributed by atoms with Crippen LogP contribution >= 0.6 is 0 Å². The number of hydrogen-bond acceptors (Lipinski definition) is 1. The van der Waals surface area contributed by atoms with E-state index >= 15 is 0 Å². The molecule has 4 rings (SSSR count). The SMILES string of the molecule is CCn1c(C(=O)N2CCCc3ccccc32)c(C)c2ccccc21. The molecule has 0 bridgehead atoms. The van der Waals surface area contributed by atoms with Gasteiger partial charge in [-0.3, -0.25) is 4.79 Å². The molecule has 3 nitrogen and oxygen atoms in total. The second-order valence-corrected chi connectivity index (χ2v) is 6.42. The number of nitrogens with zero attached hydrogens (tertiary/aromatic N) is 2. The van der Waals surface area contributed by atoms with Crippen molar-refractivity contribution in [1.82, 2.24) is 4.57 Å². The van der Waals surface area contributed by atoms with Crippen molar-refractivity contribution in [2.45, 2.75) is 33.2 Å². The van der Waals surface area contributed by atoms with Crippen molar-refractivity contribution < 1.29 is 4.79 Å². The molecule has 0 atom stereocenters. The highest BCUT2D eigenvalue weighted by Crippen LogP contribution is 2.31. The van der Waals surface area contributed by atoms with Crippen LogP contribution in [0.4, 0.5) is 5.69 Å². The highest BCUT2D eigenvalue weighted by molar-refractivity contribution is 6.10. The van der Waals surface area contributed by atoms with Gasteiger partial charge in [0.25, 0.3) is 5.91 Å². The van der Waals surface area contributed by atoms with Crippen molar-refractivity contribution in [3.05, 3.63) is 65.4 Å². The van der Waals surface area contributed by atoms with Crippen LogP contribution in [0.2, 0.25) is 0 Å². The summed E-state index contributed by atoms with van der Waals surface area (Å²) in [5, 5.41) is 1.17. The molecule has 0 fully saturated rings. The van der Waals surface area contributed by atoms with Crippen LogP contribution in [-0.4, -0.2) is 17.0 Å². The van der Waals surface area contributed by atoms with Gasteiger partial charge in [0, 0.05) is 29.7 Å². The van der Waals surface area contributed by atoms with Crippen LogP contribution < -0.4 is 4.90 Å². The number of benzene rings is 2. The molecule has 1 aliphatic rings. The van der Waals surface area contributed by atoms with Crippen LogP contribution in [0.25, 0.3) is 10.9 Å². The Morgan fingerprint density at radius 3 is 2.67 bits per heavy atom. The van der Waals surface area contributed by atoms with E-state index in [9.17, 15) is 4.79 Å². The summed E-state index contributed by atoms with van der Waals surface area (Å²) in [6, 6.07) is 16.6. The fourth-order valence-electron chi connectivity index (χ4n) is 3.95. The Balaban J connectivity index is 1.87. The third kappa shape index (κ3) is 2.15. The van der Waals surface area contributed by atoms with E-state index in [1.54, 1.807) is 0 Å². The number of hydrogen-bond donors (Lipinski definition) is 0. The van der Waals surface area contributed by atoms with Crippen LogP contribution in [0.15, 0.2) is 48.5 Å². The van der Waals surface area contributed by atoms with Gasteiger partial charge in [-0.1, -0.05) is 36.4 Å². The Labute approximate surface area is 142 Å². The van der Waals surface area contributed by atoms with E-state index in [2.05, 4.69) is 48.7 Å². The molecule has 2 aromatic carbocycles. The lowest BCUT2D eigenvalue weighted by molar-refractivity contribution is 0.0976. The molecule has 3 aromatic rings. The lowest BCUT2D eigenvalue weighted by Gasteiger charge is -2.30. The summed E-state index contributed by atoms with van der Waals surface area (Å²) in [5.74, 6) is 0.123. The maximum Gasteiger partial charge on any atom is 0.275 e. The average molecular weight is 318 g/mol. The quantitative estimate of drug-likeness (QED) is 0.680. The molecule has 0 spiro atoms. The van der Waals surface area contributed by atoms with E-state index in [4.69, 9.17) is 0 Å². The van der Waals surface area contributed by atoms with Gasteiger partial charge >= 0.3 is 0 Å². The topological polar surface area (TPSA) is 25.2 Å². The van der Waals surface area contributed by atoms with Gasteiger partial charge in [0.15, 0.2) is 0 Å². The zero-order valence-electron chi connectivity index (χ0n) is 14.2. The zero-order valence-corrected chi connectivity index (χ0v) is 14.2. The van der Waals surface area contributed by atoms with E-state index in [1.807, 2.05) is 23.1 Å². The summed E-state index contributed by atoms with van der Waals surface area (Å²) in [5.41, 5.74) is 5.40. The number of carbonyl (C=O) groups is 1. The van der Waals surface area contributed by atoms with Crippen molar-refractivity contribution >= 4 is 22.5 Å². The molecule has 1 aromatic heterocycles. The molecule has 0 saturated carbocycles. The summed E-state index contributed by atoms with van der Waals surface area (Å²) in [7, 11) is 0. The minimum absolute atomic E-state index is 0.123. The first-order valence-corrected chi connectivity index (χ1v) is 8.70. The first kappa shape index (κ1) is 15.0. The summed E-state index contributed by atoms with van der Waals surface area (Å²) in [4.78, 5) is 15.4. The number of amides is 1. The number of carbonyl (C=O) groups excluding carboxylic acids is 1. The lowest BCUT2D eigenvalue weighted by Crippen LogP contribution is -2.37. The molecule has 0 N–H and O–H groups in total. The number of anilines is 1. The Morgan fingerprint density at radius 2 is 1.83 bits per heavy atom. The minimum atomic E-state index is 0.123. The summed E-state index contributed by atoms with van der Waals surface area (Å²) < 4.78 is 2.16. The van der Waals surface area contributed by atoms with Crippen molar-refractivity contribution in [3.8, 4) is 0 Å². The van der Waals surface area contributed by atoms with Crippen molar-refractivity contribution in [2.75, 3.05) is 11.4 Å². The Morgan fingerprint density at radius 1 is 1.08 bits per heavy atom. The predicted octanol–water partition coefficient (Wildman–Crippen LogP) is 4.56. The first-order chi connectivity index (χ1) is 11.7. The van der Waals surface area contributed by atoms with E-state index in [0.717, 1.165) is 48.4 Å². The molecule has 0 aliphatic carbocycles. The maximum absolute atomic E-state index is 13.4. The van der Waals surface area contributed by atoms with Gasteiger partial charge in [-0.05, 0) is 49.9 Å². The zero-order chi connectivity index (χ0) is 16.7. The van der Waals surface area contributed by atoms with Gasteiger partial charge in [0.05, 0.1) is 0 Å². The van der Waals surface area contributed by atoms with Crippen LogP contribution in [0.3, 0.4) is 0 Å². The third-order valence-corrected chi connectivity index (χ3v) is 5.10. The molecule has 24 heavy (non-hydrogen) atoms. The van der Waals surface area contributed by atoms with Crippen LogP contribution in [0, 0.1) is 6.92 Å². The van der Waals surface area contributed by atoms with E-state index in [0.29, 0.717) is 0 Å². The summed E-state index contributed by atoms with van der Waals surface area (Å²) in [6.45, 7) is 5.76. The average Bonchev–Trinajstić information content (AvgIpc) is 2.93. The largest absolute Gasteiger partial charge is 0.337 e. The fraction of sp³-hybridized carbons (Fsp3) is 0.286. The smallest absolute Gasteiger partial charge is 0.275 e. The van der Waals surface area contributed by atoms with Gasteiger partial charge in [-0.15, -0.1) is 0 Å². The van der Waals surface area contributed by atoms with Gasteiger partial charge in [-0.25, -0.2) is 0 Å². The standard InChI is InChI=1S/C21H22N2O/c1-3-22-19-13-7-5-11-17(19)15(2)20(22)21(24)23-14-8-10-16-9-4-6-12-18(16)23/h4-7,9,11-13H,3,8,10,14H2,1-2H3. The fourth-order valence-corrected chi connectivity index (χ4v) is 3.95. The normalized spacial score (nSPS) is 14.0. The lowest BCUT2D eigenvalue weighted by atomic mass is 10.0. The highest BCUT2D eigenvalue weighted by atomic mass is 16.2. The number of aromatic nitrogens is 1. The van der Waals surface area contributed by atoms with Gasteiger partial charge in [0.2, 0.25) is 0 Å². The molecular formula is C21H22N2O. The molecule has 0 unspecified atom stereocenters. The number of fused-ring (bicyclic) bond motifs is 2. The molecule has 0 radical (unpaired) electrons. The van der Waals surface area contributed by atoms with E-state index in [-0.39, 0.29) is 5.91 Å². The molecule has 1 amide bonds. The summed E-state index contributed by atoms with van der Waals surface area (Å²) >= 11 is 0. The number of para-hydroxylation sites is 2. The van der Waals surface area contributed by atoms with Crippen LogP contribution in [-0.2, 0) is 13.0 Å². The monoisotopic (exact) mass is 318 g/mol. The first-order valence-electron chi connectivity index (χ1n) is 8.70. The Hall–Kier alpha value is -2.55. The minimum Gasteiger partial charge on any atom is -0.337 e. The molecule has 2 heterocycles. The van der Waals surface area contributed by atoms with Crippen LogP contribution in [0.5, 0.6) is 0 Å². The molecule has 122 valence electrons. The van der Waals surface area contributed by atoms with Crippen molar-refractivity contribution in [1.29, 1.82) is 0 Å². The Bertz CT molecular complexity index is 923. The maximum atomic E-state index is 13.4. The number of rotatable bonds is 2. The third-order valence-electron chi connectivity index (χ3n) is 5.10. The number of aryl methyl sites for hydroxylation is 3. The molecular weight excluding hydrogens is 296 g/mol. The van der Waals surface area contributed by atoms with E-state index in [1.165, 1.54) is 10.9 Å². The Kier molecular flexibility index (Phi) is 3.64.